The molecule has 3 aromatic carbocycles. The fraction of sp³-hybridized carbons (Fsp3) is 0.405. The Morgan fingerprint density at radius 2 is 1.23 bits per heavy atom. The minimum atomic E-state index is -0.806. The van der Waals surface area contributed by atoms with Gasteiger partial charge in [-0.05, 0) is 118 Å². The van der Waals surface area contributed by atoms with Gasteiger partial charge in [-0.1, -0.05) is 30.3 Å². The van der Waals surface area contributed by atoms with Crippen LogP contribution in [-0.4, -0.2) is 52.2 Å². The summed E-state index contributed by atoms with van der Waals surface area (Å²) in [6.45, 7) is 9.89. The van der Waals surface area contributed by atoms with Gasteiger partial charge in [0.25, 0.3) is 12.0 Å². The lowest BCUT2D eigenvalue weighted by molar-refractivity contribution is -0.147. The number of piperidine rings is 2. The predicted molar refractivity (Wildman–Crippen MR) is 181 cm³/mol. The summed E-state index contributed by atoms with van der Waals surface area (Å²) in [4.78, 5) is 36.9. The maximum atomic E-state index is 12.7. The van der Waals surface area contributed by atoms with E-state index in [4.69, 9.17) is 13.6 Å². The Morgan fingerprint density at radius 1 is 0.745 bits per heavy atom. The highest BCUT2D eigenvalue weighted by Gasteiger charge is 2.34. The smallest absolute Gasteiger partial charge is 0.329 e. The zero-order chi connectivity index (χ0) is 33.1. The Balaban J connectivity index is 0.000000172. The fourth-order valence-electron chi connectivity index (χ4n) is 6.23. The minimum Gasteiger partial charge on any atom is -0.480 e. The molecule has 0 amide bonds. The van der Waals surface area contributed by atoms with Crippen LogP contribution in [0, 0.1) is 27.7 Å². The second-order valence-corrected chi connectivity index (χ2v) is 12.6. The Kier molecular flexibility index (Phi) is 9.47. The largest absolute Gasteiger partial charge is 0.480 e. The van der Waals surface area contributed by atoms with Crippen LogP contribution in [-0.2, 0) is 20.9 Å². The van der Waals surface area contributed by atoms with Crippen LogP contribution in [0.25, 0.3) is 22.2 Å². The number of carboxylic acid groups (broad SMARTS) is 1. The van der Waals surface area contributed by atoms with Crippen LogP contribution in [0.4, 0.5) is 12.0 Å². The summed E-state index contributed by atoms with van der Waals surface area (Å²) in [6, 6.07) is 17.8. The summed E-state index contributed by atoms with van der Waals surface area (Å²) in [6.07, 6.45) is 5.32. The lowest BCUT2D eigenvalue weighted by Gasteiger charge is -2.32. The van der Waals surface area contributed by atoms with Crippen molar-refractivity contribution in [1.29, 1.82) is 0 Å². The molecule has 0 spiro atoms. The molecule has 10 heteroatoms. The van der Waals surface area contributed by atoms with E-state index in [-0.39, 0.29) is 18.6 Å². The van der Waals surface area contributed by atoms with E-state index >= 15 is 0 Å². The van der Waals surface area contributed by atoms with E-state index in [0.717, 1.165) is 77.5 Å². The zero-order valence-corrected chi connectivity index (χ0v) is 27.5. The average molecular weight is 639 g/mol. The maximum absolute atomic E-state index is 12.7. The molecular weight excluding hydrogens is 596 g/mol. The van der Waals surface area contributed by atoms with Crippen molar-refractivity contribution >= 4 is 46.2 Å². The van der Waals surface area contributed by atoms with Crippen molar-refractivity contribution in [3.63, 3.8) is 0 Å². The number of benzene rings is 3. The first-order valence-electron chi connectivity index (χ1n) is 16.4. The molecule has 7 rings (SSSR count). The van der Waals surface area contributed by atoms with Crippen LogP contribution in [0.2, 0.25) is 0 Å². The van der Waals surface area contributed by atoms with Crippen molar-refractivity contribution in [2.75, 3.05) is 22.9 Å². The molecule has 246 valence electrons. The quantitative estimate of drug-likeness (QED) is 0.188. The minimum absolute atomic E-state index is 0.215. The van der Waals surface area contributed by atoms with Crippen LogP contribution < -0.4 is 9.80 Å². The molecule has 47 heavy (non-hydrogen) atoms. The van der Waals surface area contributed by atoms with E-state index in [0.29, 0.717) is 25.0 Å². The normalized spacial score (nSPS) is 18.2. The van der Waals surface area contributed by atoms with Gasteiger partial charge < -0.3 is 28.5 Å². The average Bonchev–Trinajstić information content (AvgIpc) is 3.68. The summed E-state index contributed by atoms with van der Waals surface area (Å²) >= 11 is 0. The van der Waals surface area contributed by atoms with Crippen molar-refractivity contribution in [3.05, 3.63) is 82.4 Å². The molecule has 0 aliphatic carbocycles. The summed E-state index contributed by atoms with van der Waals surface area (Å²) in [7, 11) is 0. The molecule has 0 unspecified atom stereocenters. The van der Waals surface area contributed by atoms with Crippen molar-refractivity contribution in [1.82, 2.24) is 9.97 Å². The number of hydrogen-bond donors (Lipinski definition) is 1. The van der Waals surface area contributed by atoms with Gasteiger partial charge in [-0.3, -0.25) is 0 Å². The molecule has 5 aromatic rings. The number of esters is 1. The number of ether oxygens (including phenoxy) is 1. The van der Waals surface area contributed by atoms with Gasteiger partial charge in [0.15, 0.2) is 11.2 Å². The summed E-state index contributed by atoms with van der Waals surface area (Å²) in [5, 5.41) is 9.32. The Bertz CT molecular complexity index is 1800. The number of aryl methyl sites for hydroxylation is 4. The SMILES string of the molecule is Cc1cc2nc(N3CCCC[C@H]3C(=O)O)oc2cc1C.Cc1cc2nc(N3CCCC[C@H]3C(=O)OCc3ccccc3)oc2cc1C. The monoisotopic (exact) mass is 638 g/mol. The van der Waals surface area contributed by atoms with Gasteiger partial charge in [-0.2, -0.15) is 9.97 Å². The number of oxazole rings is 2. The lowest BCUT2D eigenvalue weighted by Crippen LogP contribution is -2.45. The van der Waals surface area contributed by atoms with E-state index in [1.54, 1.807) is 4.90 Å². The number of rotatable bonds is 6. The molecule has 4 heterocycles. The van der Waals surface area contributed by atoms with Gasteiger partial charge in [0.05, 0.1) is 0 Å². The number of nitrogens with zero attached hydrogens (tertiary/aromatic N) is 4. The predicted octanol–water partition coefficient (Wildman–Crippen LogP) is 7.44. The number of carbonyl (C=O) groups excluding carboxylic acids is 1. The van der Waals surface area contributed by atoms with E-state index in [1.165, 1.54) is 11.1 Å². The summed E-state index contributed by atoms with van der Waals surface area (Å²) in [5.74, 6) is -1.02. The van der Waals surface area contributed by atoms with E-state index < -0.39 is 12.0 Å². The molecular formula is C37H42N4O6. The van der Waals surface area contributed by atoms with Gasteiger partial charge in [0.1, 0.15) is 29.7 Å². The van der Waals surface area contributed by atoms with Gasteiger partial charge in [-0.25, -0.2) is 9.59 Å². The van der Waals surface area contributed by atoms with Crippen molar-refractivity contribution in [2.45, 2.75) is 84.9 Å². The highest BCUT2D eigenvalue weighted by Crippen LogP contribution is 2.31. The van der Waals surface area contributed by atoms with Crippen molar-refractivity contribution in [2.24, 2.45) is 0 Å². The molecule has 2 atom stereocenters. The molecule has 10 nitrogen and oxygen atoms in total. The third-order valence-electron chi connectivity index (χ3n) is 9.26. The number of aromatic nitrogens is 2. The summed E-state index contributed by atoms with van der Waals surface area (Å²) in [5.41, 5.74) is 8.74. The van der Waals surface area contributed by atoms with Crippen LogP contribution >= 0.6 is 0 Å². The molecule has 0 saturated carbocycles. The van der Waals surface area contributed by atoms with Gasteiger partial charge in [0.2, 0.25) is 0 Å². The first-order chi connectivity index (χ1) is 22.7. The molecule has 2 saturated heterocycles. The number of fused-ring (bicyclic) bond motifs is 2. The first-order valence-corrected chi connectivity index (χ1v) is 16.4. The van der Waals surface area contributed by atoms with E-state index in [2.05, 4.69) is 23.8 Å². The Hall–Kier alpha value is -4.86. The van der Waals surface area contributed by atoms with E-state index in [9.17, 15) is 14.7 Å². The third kappa shape index (κ3) is 7.11. The number of anilines is 2. The van der Waals surface area contributed by atoms with Gasteiger partial charge in [0, 0.05) is 13.1 Å². The molecule has 2 aliphatic rings. The second kappa shape index (κ2) is 13.9. The van der Waals surface area contributed by atoms with Crippen LogP contribution in [0.3, 0.4) is 0 Å². The fourth-order valence-corrected chi connectivity index (χ4v) is 6.23. The maximum Gasteiger partial charge on any atom is 0.329 e. The van der Waals surface area contributed by atoms with Crippen LogP contribution in [0.1, 0.15) is 66.3 Å². The van der Waals surface area contributed by atoms with Crippen LogP contribution in [0.5, 0.6) is 0 Å². The number of carboxylic acids is 1. The molecule has 2 aliphatic heterocycles. The standard InChI is InChI=1S/C22H24N2O3.C15H18N2O3/c1-15-12-18-20(13-16(15)2)27-22(23-18)24-11-7-6-10-19(24)21(25)26-14-17-8-4-3-5-9-17;1-9-7-11-13(8-10(9)2)20-15(16-11)17-6-4-3-5-12(17)14(18)19/h3-5,8-9,12-13,19H,6-7,10-11,14H2,1-2H3;7-8,12H,3-6H2,1-2H3,(H,18,19)/t19-;12-/m00/s1. The number of hydrogen-bond acceptors (Lipinski definition) is 9. The zero-order valence-electron chi connectivity index (χ0n) is 27.5. The van der Waals surface area contributed by atoms with Gasteiger partial charge in [-0.15, -0.1) is 0 Å². The number of aliphatic carboxylic acids is 1. The molecule has 2 fully saturated rings. The first kappa shape index (κ1) is 32.1. The van der Waals surface area contributed by atoms with Crippen LogP contribution in [0.15, 0.2) is 63.4 Å². The number of carbonyl (C=O) groups is 2. The Labute approximate surface area is 274 Å². The third-order valence-corrected chi connectivity index (χ3v) is 9.26. The highest BCUT2D eigenvalue weighted by molar-refractivity contribution is 5.82. The Morgan fingerprint density at radius 3 is 1.77 bits per heavy atom. The highest BCUT2D eigenvalue weighted by atomic mass is 16.5. The lowest BCUT2D eigenvalue weighted by atomic mass is 10.0. The van der Waals surface area contributed by atoms with Gasteiger partial charge >= 0.3 is 11.9 Å². The topological polar surface area (TPSA) is 122 Å². The molecule has 1 N–H and O–H groups in total. The second-order valence-electron chi connectivity index (χ2n) is 12.6. The van der Waals surface area contributed by atoms with E-state index in [1.807, 2.05) is 73.3 Å². The molecule has 0 radical (unpaired) electrons. The summed E-state index contributed by atoms with van der Waals surface area (Å²) < 4.78 is 17.4. The van der Waals surface area contributed by atoms with Crippen molar-refractivity contribution in [3.8, 4) is 0 Å². The van der Waals surface area contributed by atoms with Crippen molar-refractivity contribution < 1.29 is 28.3 Å². The molecule has 2 aromatic heterocycles. The molecule has 0 bridgehead atoms.